The molecule has 0 heterocycles. The molecule has 90 valence electrons. The van der Waals surface area contributed by atoms with Gasteiger partial charge in [0.05, 0.1) is 5.70 Å². The second-order valence-corrected chi connectivity index (χ2v) is 3.47. The molecular weight excluding hydrogens is 210 g/mol. The van der Waals surface area contributed by atoms with Gasteiger partial charge in [0.25, 0.3) is 0 Å². The molecule has 0 aromatic heterocycles. The molecule has 0 unspecified atom stereocenters. The Morgan fingerprint density at radius 1 is 1.12 bits per heavy atom. The quantitative estimate of drug-likeness (QED) is 0.603. The van der Waals surface area contributed by atoms with E-state index >= 15 is 0 Å². The average molecular weight is 229 g/mol. The Morgan fingerprint density at radius 2 is 1.82 bits per heavy atom. The zero-order chi connectivity index (χ0) is 12.5. The number of nitrogens with zero attached hydrogens (tertiary/aromatic N) is 1. The molecule has 0 atom stereocenters. The summed E-state index contributed by atoms with van der Waals surface area (Å²) in [6.07, 6.45) is 8.40. The van der Waals surface area contributed by atoms with E-state index in [4.69, 9.17) is 5.73 Å². The minimum atomic E-state index is 0.577. The van der Waals surface area contributed by atoms with Gasteiger partial charge in [-0.1, -0.05) is 42.5 Å². The average Bonchev–Trinajstić information content (AvgIpc) is 2.43. The summed E-state index contributed by atoms with van der Waals surface area (Å²) in [6, 6.07) is 9.82. The molecule has 0 amide bonds. The molecule has 0 spiro atoms. The molecule has 4 N–H and O–H groups in total. The summed E-state index contributed by atoms with van der Waals surface area (Å²) in [5.74, 6) is 0.577. The second kappa shape index (κ2) is 7.41. The van der Waals surface area contributed by atoms with Crippen LogP contribution in [0.25, 0.3) is 0 Å². The van der Waals surface area contributed by atoms with E-state index in [1.54, 1.807) is 0 Å². The van der Waals surface area contributed by atoms with Crippen molar-refractivity contribution in [1.82, 2.24) is 0 Å². The van der Waals surface area contributed by atoms with Gasteiger partial charge in [-0.05, 0) is 26.0 Å². The van der Waals surface area contributed by atoms with Gasteiger partial charge in [-0.25, -0.2) is 4.99 Å². The molecule has 0 bridgehead atoms. The fourth-order valence-electron chi connectivity index (χ4n) is 1.50. The van der Waals surface area contributed by atoms with Crippen LogP contribution >= 0.6 is 0 Å². The summed E-state index contributed by atoms with van der Waals surface area (Å²) < 4.78 is 0. The van der Waals surface area contributed by atoms with Crippen LogP contribution < -0.4 is 11.5 Å². The molecule has 0 saturated heterocycles. The van der Waals surface area contributed by atoms with Crippen molar-refractivity contribution in [1.29, 1.82) is 0 Å². The van der Waals surface area contributed by atoms with Crippen LogP contribution in [-0.4, -0.2) is 12.9 Å². The highest BCUT2D eigenvalue weighted by molar-refractivity contribution is 5.98. The molecule has 3 heteroatoms. The SMILES string of the molecule is CN.NC(=NC1=CCCC=C1)c1ccccc1. The zero-order valence-electron chi connectivity index (χ0n) is 10.1. The Balaban J connectivity index is 0.000000686. The van der Waals surface area contributed by atoms with Crippen LogP contribution in [0.15, 0.2) is 59.2 Å². The molecule has 2 rings (SSSR count). The fraction of sp³-hybridized carbons (Fsp3) is 0.214. The number of benzene rings is 1. The molecule has 0 fully saturated rings. The Hall–Kier alpha value is -1.87. The third-order valence-electron chi connectivity index (χ3n) is 2.29. The molecule has 1 aliphatic rings. The summed E-state index contributed by atoms with van der Waals surface area (Å²) in [7, 11) is 1.50. The lowest BCUT2D eigenvalue weighted by atomic mass is 10.1. The maximum Gasteiger partial charge on any atom is 0.131 e. The maximum absolute atomic E-state index is 5.90. The Bertz CT molecular complexity index is 416. The first-order valence-electron chi connectivity index (χ1n) is 5.70. The Kier molecular flexibility index (Phi) is 5.75. The normalized spacial score (nSPS) is 14.7. The van der Waals surface area contributed by atoms with Gasteiger partial charge < -0.3 is 11.5 Å². The van der Waals surface area contributed by atoms with Crippen LogP contribution in [-0.2, 0) is 0 Å². The van der Waals surface area contributed by atoms with Crippen molar-refractivity contribution in [3.63, 3.8) is 0 Å². The maximum atomic E-state index is 5.90. The summed E-state index contributed by atoms with van der Waals surface area (Å²) >= 11 is 0. The van der Waals surface area contributed by atoms with E-state index in [9.17, 15) is 0 Å². The summed E-state index contributed by atoms with van der Waals surface area (Å²) in [4.78, 5) is 4.37. The number of rotatable bonds is 2. The van der Waals surface area contributed by atoms with Crippen molar-refractivity contribution in [2.45, 2.75) is 12.8 Å². The molecule has 0 aliphatic heterocycles. The predicted octanol–water partition coefficient (Wildman–Crippen LogP) is 2.20. The number of amidine groups is 1. The largest absolute Gasteiger partial charge is 0.383 e. The van der Waals surface area contributed by atoms with Crippen LogP contribution in [0.2, 0.25) is 0 Å². The highest BCUT2D eigenvalue weighted by Crippen LogP contribution is 2.11. The second-order valence-electron chi connectivity index (χ2n) is 3.47. The molecule has 0 saturated carbocycles. The minimum absolute atomic E-state index is 0.577. The molecule has 17 heavy (non-hydrogen) atoms. The zero-order valence-corrected chi connectivity index (χ0v) is 10.1. The number of hydrogen-bond donors (Lipinski definition) is 2. The standard InChI is InChI=1S/C13H14N2.CH5N/c14-13(11-7-3-1-4-8-11)15-12-9-5-2-6-10-12;1-2/h1,3-5,7-10H,2,6H2,(H2,14,15);2H2,1H3. The Labute approximate surface area is 103 Å². The van der Waals surface area contributed by atoms with Gasteiger partial charge >= 0.3 is 0 Å². The minimum Gasteiger partial charge on any atom is -0.383 e. The van der Waals surface area contributed by atoms with E-state index in [1.165, 1.54) is 7.05 Å². The van der Waals surface area contributed by atoms with E-state index in [0.29, 0.717) is 5.84 Å². The lowest BCUT2D eigenvalue weighted by Crippen LogP contribution is -2.13. The van der Waals surface area contributed by atoms with Gasteiger partial charge in [0.15, 0.2) is 0 Å². The summed E-state index contributed by atoms with van der Waals surface area (Å²) in [5.41, 5.74) is 12.3. The van der Waals surface area contributed by atoms with E-state index in [0.717, 1.165) is 24.1 Å². The number of allylic oxidation sites excluding steroid dienone is 3. The number of hydrogen-bond acceptors (Lipinski definition) is 2. The first-order valence-corrected chi connectivity index (χ1v) is 5.70. The van der Waals surface area contributed by atoms with Gasteiger partial charge in [-0.15, -0.1) is 0 Å². The van der Waals surface area contributed by atoms with Crippen molar-refractivity contribution in [2.24, 2.45) is 16.5 Å². The smallest absolute Gasteiger partial charge is 0.131 e. The van der Waals surface area contributed by atoms with Gasteiger partial charge in [0.2, 0.25) is 0 Å². The van der Waals surface area contributed by atoms with Crippen LogP contribution in [0, 0.1) is 0 Å². The third kappa shape index (κ3) is 4.25. The van der Waals surface area contributed by atoms with Crippen molar-refractivity contribution >= 4 is 5.84 Å². The van der Waals surface area contributed by atoms with E-state index < -0.39 is 0 Å². The molecule has 1 aromatic carbocycles. The molecule has 1 aliphatic carbocycles. The monoisotopic (exact) mass is 229 g/mol. The van der Waals surface area contributed by atoms with Gasteiger partial charge in [-0.2, -0.15) is 0 Å². The highest BCUT2D eigenvalue weighted by atomic mass is 14.9. The topological polar surface area (TPSA) is 64.4 Å². The summed E-state index contributed by atoms with van der Waals surface area (Å²) in [6.45, 7) is 0. The molecule has 1 aromatic rings. The first-order chi connectivity index (χ1) is 8.36. The fourth-order valence-corrected chi connectivity index (χ4v) is 1.50. The predicted molar refractivity (Wildman–Crippen MR) is 73.7 cm³/mol. The summed E-state index contributed by atoms with van der Waals surface area (Å²) in [5, 5.41) is 0. The lowest BCUT2D eigenvalue weighted by Gasteiger charge is -2.04. The number of aliphatic imine (C=N–C) groups is 1. The van der Waals surface area contributed by atoms with E-state index in [-0.39, 0.29) is 0 Å². The molecule has 3 nitrogen and oxygen atoms in total. The molecular formula is C14H19N3. The first kappa shape index (κ1) is 13.2. The lowest BCUT2D eigenvalue weighted by molar-refractivity contribution is 1.01. The molecule has 0 radical (unpaired) electrons. The van der Waals surface area contributed by atoms with Crippen LogP contribution in [0.1, 0.15) is 18.4 Å². The van der Waals surface area contributed by atoms with Crippen molar-refractivity contribution < 1.29 is 0 Å². The van der Waals surface area contributed by atoms with Crippen molar-refractivity contribution in [2.75, 3.05) is 7.05 Å². The van der Waals surface area contributed by atoms with Crippen molar-refractivity contribution in [3.8, 4) is 0 Å². The third-order valence-corrected chi connectivity index (χ3v) is 2.29. The van der Waals surface area contributed by atoms with E-state index in [2.05, 4.69) is 22.9 Å². The van der Waals surface area contributed by atoms with Crippen molar-refractivity contribution in [3.05, 3.63) is 59.8 Å². The van der Waals surface area contributed by atoms with Gasteiger partial charge in [-0.3, -0.25) is 0 Å². The number of nitrogens with two attached hydrogens (primary N) is 2. The van der Waals surface area contributed by atoms with Crippen LogP contribution in [0.5, 0.6) is 0 Å². The highest BCUT2D eigenvalue weighted by Gasteiger charge is 1.99. The van der Waals surface area contributed by atoms with Gasteiger partial charge in [0, 0.05) is 5.56 Å². The van der Waals surface area contributed by atoms with E-state index in [1.807, 2.05) is 36.4 Å². The van der Waals surface area contributed by atoms with Gasteiger partial charge in [0.1, 0.15) is 5.84 Å². The van der Waals surface area contributed by atoms with Crippen LogP contribution in [0.4, 0.5) is 0 Å². The van der Waals surface area contributed by atoms with Crippen LogP contribution in [0.3, 0.4) is 0 Å². The Morgan fingerprint density at radius 3 is 2.41 bits per heavy atom.